The standard InChI is InChI=1S/C20H14F2N6/c21-14-5-1-3-12(9-14)20(13-4-2-6-15(22)10-13)8-7-16-17(11-20)23-24-18(16)19-25-27-28-26-19/h1-10H,11H2,(H,23,24)(H,25,26,27,28). The molecule has 2 N–H and O–H groups in total. The summed E-state index contributed by atoms with van der Waals surface area (Å²) in [5.41, 5.74) is 3.02. The fourth-order valence-electron chi connectivity index (χ4n) is 3.80. The van der Waals surface area contributed by atoms with Gasteiger partial charge in [0.1, 0.15) is 17.3 Å². The van der Waals surface area contributed by atoms with E-state index in [-0.39, 0.29) is 11.6 Å². The second-order valence-corrected chi connectivity index (χ2v) is 6.72. The van der Waals surface area contributed by atoms with E-state index in [0.29, 0.717) is 17.9 Å². The summed E-state index contributed by atoms with van der Waals surface area (Å²) in [4.78, 5) is 0. The van der Waals surface area contributed by atoms with Gasteiger partial charge < -0.3 is 0 Å². The molecule has 0 unspecified atom stereocenters. The molecule has 0 amide bonds. The van der Waals surface area contributed by atoms with Crippen molar-refractivity contribution in [3.63, 3.8) is 0 Å². The Morgan fingerprint density at radius 2 is 1.64 bits per heavy atom. The van der Waals surface area contributed by atoms with Gasteiger partial charge in [-0.15, -0.1) is 5.10 Å². The van der Waals surface area contributed by atoms with Crippen LogP contribution in [0.2, 0.25) is 0 Å². The predicted octanol–water partition coefficient (Wildman–Crippen LogP) is 3.42. The van der Waals surface area contributed by atoms with Crippen molar-refractivity contribution in [1.82, 2.24) is 30.8 Å². The van der Waals surface area contributed by atoms with Gasteiger partial charge in [-0.05, 0) is 45.8 Å². The van der Waals surface area contributed by atoms with Crippen molar-refractivity contribution in [2.75, 3.05) is 0 Å². The molecular weight excluding hydrogens is 362 g/mol. The Labute approximate surface area is 158 Å². The zero-order valence-corrected chi connectivity index (χ0v) is 14.5. The maximum absolute atomic E-state index is 14.0. The molecule has 0 atom stereocenters. The molecule has 2 aromatic carbocycles. The van der Waals surface area contributed by atoms with E-state index in [9.17, 15) is 8.78 Å². The number of benzene rings is 2. The van der Waals surface area contributed by atoms with Crippen molar-refractivity contribution in [2.24, 2.45) is 0 Å². The number of allylic oxidation sites excluding steroid dienone is 1. The van der Waals surface area contributed by atoms with Gasteiger partial charge >= 0.3 is 0 Å². The third-order valence-corrected chi connectivity index (χ3v) is 5.12. The van der Waals surface area contributed by atoms with E-state index < -0.39 is 5.41 Å². The van der Waals surface area contributed by atoms with Gasteiger partial charge in [-0.3, -0.25) is 5.10 Å². The van der Waals surface area contributed by atoms with Crippen molar-refractivity contribution in [3.05, 3.63) is 88.6 Å². The number of fused-ring (bicyclic) bond motifs is 1. The lowest BCUT2D eigenvalue weighted by Gasteiger charge is -2.34. The quantitative estimate of drug-likeness (QED) is 0.574. The largest absolute Gasteiger partial charge is 0.281 e. The van der Waals surface area contributed by atoms with Gasteiger partial charge in [0.05, 0.1) is 0 Å². The Morgan fingerprint density at radius 1 is 0.929 bits per heavy atom. The fraction of sp³-hybridized carbons (Fsp3) is 0.100. The summed E-state index contributed by atoms with van der Waals surface area (Å²) in [7, 11) is 0. The van der Waals surface area contributed by atoms with E-state index in [1.807, 2.05) is 24.3 Å². The van der Waals surface area contributed by atoms with E-state index >= 15 is 0 Å². The molecule has 1 aliphatic carbocycles. The molecule has 6 nitrogen and oxygen atoms in total. The van der Waals surface area contributed by atoms with E-state index in [1.165, 1.54) is 24.3 Å². The average molecular weight is 376 g/mol. The molecule has 0 aliphatic heterocycles. The molecule has 2 heterocycles. The summed E-state index contributed by atoms with van der Waals surface area (Å²) in [5.74, 6) is -0.234. The van der Waals surface area contributed by atoms with Gasteiger partial charge in [0.15, 0.2) is 0 Å². The third kappa shape index (κ3) is 2.53. The molecule has 0 bridgehead atoms. The van der Waals surface area contributed by atoms with E-state index in [1.54, 1.807) is 12.1 Å². The van der Waals surface area contributed by atoms with Gasteiger partial charge in [0.25, 0.3) is 0 Å². The normalized spacial score (nSPS) is 14.8. The van der Waals surface area contributed by atoms with Crippen molar-refractivity contribution in [2.45, 2.75) is 11.8 Å². The van der Waals surface area contributed by atoms with Crippen LogP contribution >= 0.6 is 0 Å². The molecule has 28 heavy (non-hydrogen) atoms. The highest BCUT2D eigenvalue weighted by Gasteiger charge is 2.37. The van der Waals surface area contributed by atoms with Crippen LogP contribution in [0.4, 0.5) is 8.78 Å². The smallest absolute Gasteiger partial charge is 0.200 e. The number of hydrogen-bond acceptors (Lipinski definition) is 4. The summed E-state index contributed by atoms with van der Waals surface area (Å²) in [6.07, 6.45) is 4.32. The number of hydrogen-bond donors (Lipinski definition) is 2. The molecule has 4 aromatic rings. The van der Waals surface area contributed by atoms with Gasteiger partial charge in [0, 0.05) is 23.1 Å². The van der Waals surface area contributed by atoms with Crippen LogP contribution in [-0.4, -0.2) is 30.8 Å². The third-order valence-electron chi connectivity index (χ3n) is 5.12. The van der Waals surface area contributed by atoms with Crippen molar-refractivity contribution >= 4 is 6.08 Å². The maximum atomic E-state index is 14.0. The summed E-state index contributed by atoms with van der Waals surface area (Å²) in [5, 5.41) is 21.2. The minimum Gasteiger partial charge on any atom is -0.281 e. The van der Waals surface area contributed by atoms with Crippen LogP contribution in [0.25, 0.3) is 17.6 Å². The van der Waals surface area contributed by atoms with E-state index in [4.69, 9.17) is 0 Å². The summed E-state index contributed by atoms with van der Waals surface area (Å²) in [6, 6.07) is 12.8. The number of nitrogens with zero attached hydrogens (tertiary/aromatic N) is 4. The number of halogens is 2. The Morgan fingerprint density at radius 3 is 2.25 bits per heavy atom. The number of tetrazole rings is 1. The van der Waals surface area contributed by atoms with Crippen LogP contribution in [0.1, 0.15) is 22.4 Å². The summed E-state index contributed by atoms with van der Waals surface area (Å²) < 4.78 is 28.1. The maximum Gasteiger partial charge on any atom is 0.200 e. The van der Waals surface area contributed by atoms with Crippen LogP contribution in [0.5, 0.6) is 0 Å². The monoisotopic (exact) mass is 376 g/mol. The predicted molar refractivity (Wildman–Crippen MR) is 98.1 cm³/mol. The summed E-state index contributed by atoms with van der Waals surface area (Å²) in [6.45, 7) is 0. The highest BCUT2D eigenvalue weighted by atomic mass is 19.1. The van der Waals surface area contributed by atoms with Crippen LogP contribution in [0.3, 0.4) is 0 Å². The van der Waals surface area contributed by atoms with Gasteiger partial charge in [0.2, 0.25) is 5.82 Å². The highest BCUT2D eigenvalue weighted by molar-refractivity contribution is 5.73. The first kappa shape index (κ1) is 16.5. The fourth-order valence-corrected chi connectivity index (χ4v) is 3.80. The molecule has 1 aliphatic rings. The van der Waals surface area contributed by atoms with E-state index in [0.717, 1.165) is 22.4 Å². The number of rotatable bonds is 3. The molecular formula is C20H14F2N6. The molecule has 0 fully saturated rings. The second kappa shape index (κ2) is 6.19. The number of aromatic amines is 2. The Balaban J connectivity index is 1.69. The zero-order chi connectivity index (χ0) is 19.1. The molecule has 8 heteroatoms. The molecule has 0 radical (unpaired) electrons. The minimum atomic E-state index is -0.735. The summed E-state index contributed by atoms with van der Waals surface area (Å²) >= 11 is 0. The average Bonchev–Trinajstić information content (AvgIpc) is 3.37. The van der Waals surface area contributed by atoms with E-state index in [2.05, 4.69) is 30.8 Å². The van der Waals surface area contributed by atoms with Gasteiger partial charge in [-0.25, -0.2) is 13.9 Å². The highest BCUT2D eigenvalue weighted by Crippen LogP contribution is 2.42. The number of aromatic nitrogens is 6. The number of H-pyrrole nitrogens is 2. The van der Waals surface area contributed by atoms with Gasteiger partial charge in [-0.2, -0.15) is 5.10 Å². The van der Waals surface area contributed by atoms with Gasteiger partial charge in [-0.1, -0.05) is 36.4 Å². The van der Waals surface area contributed by atoms with Crippen LogP contribution in [0, 0.1) is 11.6 Å². The van der Waals surface area contributed by atoms with Crippen LogP contribution in [0.15, 0.2) is 54.6 Å². The molecule has 0 saturated carbocycles. The van der Waals surface area contributed by atoms with Crippen molar-refractivity contribution in [1.29, 1.82) is 0 Å². The Hall–Kier alpha value is -3.68. The molecule has 0 saturated heterocycles. The first-order chi connectivity index (χ1) is 13.7. The minimum absolute atomic E-state index is 0.342. The SMILES string of the molecule is Fc1cccc(C2(c3cccc(F)c3)C=Cc3c(-c4nnn[nH]4)n[nH]c3C2)c1. The van der Waals surface area contributed by atoms with Crippen molar-refractivity contribution < 1.29 is 8.78 Å². The second-order valence-electron chi connectivity index (χ2n) is 6.72. The lowest BCUT2D eigenvalue weighted by atomic mass is 9.68. The molecule has 0 spiro atoms. The Kier molecular flexibility index (Phi) is 3.65. The van der Waals surface area contributed by atoms with Crippen LogP contribution in [-0.2, 0) is 11.8 Å². The lowest BCUT2D eigenvalue weighted by molar-refractivity contribution is 0.582. The van der Waals surface area contributed by atoms with Crippen molar-refractivity contribution in [3.8, 4) is 11.5 Å². The first-order valence-corrected chi connectivity index (χ1v) is 8.68. The molecule has 5 rings (SSSR count). The van der Waals surface area contributed by atoms with Crippen LogP contribution < -0.4 is 0 Å². The first-order valence-electron chi connectivity index (χ1n) is 8.68. The molecule has 2 aromatic heterocycles. The number of nitrogens with one attached hydrogen (secondary N) is 2. The molecule has 138 valence electrons. The topological polar surface area (TPSA) is 83.1 Å². The Bertz CT molecular complexity index is 1130. The lowest BCUT2D eigenvalue weighted by Crippen LogP contribution is -2.30. The zero-order valence-electron chi connectivity index (χ0n) is 14.5.